The molecule has 106 valence electrons. The van der Waals surface area contributed by atoms with Crippen LogP contribution in [0.1, 0.15) is 57.6 Å². The molecule has 1 rings (SSSR count). The van der Waals surface area contributed by atoms with Gasteiger partial charge in [-0.1, -0.05) is 44.0 Å². The van der Waals surface area contributed by atoms with Gasteiger partial charge in [0.05, 0.1) is 0 Å². The van der Waals surface area contributed by atoms with Crippen molar-refractivity contribution in [2.24, 2.45) is 0 Å². The summed E-state index contributed by atoms with van der Waals surface area (Å²) in [5.74, 6) is -0.133. The summed E-state index contributed by atoms with van der Waals surface area (Å²) in [7, 11) is 0. The van der Waals surface area contributed by atoms with E-state index in [2.05, 4.69) is 6.92 Å². The van der Waals surface area contributed by atoms with Crippen molar-refractivity contribution < 1.29 is 9.53 Å². The molecule has 0 saturated heterocycles. The summed E-state index contributed by atoms with van der Waals surface area (Å²) in [6.45, 7) is 8.01. The van der Waals surface area contributed by atoms with Crippen LogP contribution in [0, 0.1) is 6.92 Å². The monoisotopic (exact) mass is 282 g/mol. The quantitative estimate of drug-likeness (QED) is 0.686. The molecule has 2 nitrogen and oxygen atoms in total. The summed E-state index contributed by atoms with van der Waals surface area (Å²) in [6.07, 6.45) is 3.04. The molecule has 0 bridgehead atoms. The average Bonchev–Trinajstić information content (AvgIpc) is 2.33. The van der Waals surface area contributed by atoms with Crippen LogP contribution in [-0.4, -0.2) is 5.97 Å². The van der Waals surface area contributed by atoms with E-state index >= 15 is 0 Å². The molecule has 19 heavy (non-hydrogen) atoms. The van der Waals surface area contributed by atoms with Gasteiger partial charge in [-0.15, -0.1) is 0 Å². The lowest BCUT2D eigenvalue weighted by atomic mass is 9.90. The number of carbonyl (C=O) groups is 1. The number of carbonyl (C=O) groups excluding carboxylic acids is 1. The zero-order chi connectivity index (χ0) is 14.5. The minimum Gasteiger partial charge on any atom is -0.454 e. The van der Waals surface area contributed by atoms with Gasteiger partial charge in [-0.25, -0.2) is 0 Å². The molecule has 0 radical (unpaired) electrons. The molecule has 0 amide bonds. The Hall–Kier alpha value is -1.02. The van der Waals surface area contributed by atoms with Crippen molar-refractivity contribution >= 4 is 17.6 Å². The van der Waals surface area contributed by atoms with E-state index < -0.39 is 5.60 Å². The topological polar surface area (TPSA) is 26.3 Å². The van der Waals surface area contributed by atoms with Crippen LogP contribution in [0.5, 0.6) is 0 Å². The van der Waals surface area contributed by atoms with Crippen molar-refractivity contribution in [1.82, 2.24) is 0 Å². The van der Waals surface area contributed by atoms with Gasteiger partial charge in [0.2, 0.25) is 0 Å². The predicted octanol–water partition coefficient (Wildman–Crippen LogP) is 5.01. The Morgan fingerprint density at radius 3 is 2.53 bits per heavy atom. The van der Waals surface area contributed by atoms with E-state index in [4.69, 9.17) is 16.3 Å². The Labute approximate surface area is 121 Å². The number of hydrogen-bond acceptors (Lipinski definition) is 2. The van der Waals surface area contributed by atoms with Gasteiger partial charge >= 0.3 is 5.97 Å². The maximum Gasteiger partial charge on any atom is 0.306 e. The van der Waals surface area contributed by atoms with Crippen molar-refractivity contribution in [3.63, 3.8) is 0 Å². The first kappa shape index (κ1) is 16.0. The highest BCUT2D eigenvalue weighted by Gasteiger charge is 2.30. The van der Waals surface area contributed by atoms with E-state index in [9.17, 15) is 4.79 Å². The Morgan fingerprint density at radius 2 is 2.00 bits per heavy atom. The third-order valence-corrected chi connectivity index (χ3v) is 3.71. The molecule has 0 fully saturated rings. The minimum atomic E-state index is -0.559. The molecular weight excluding hydrogens is 260 g/mol. The Bertz CT molecular complexity index is 442. The number of halogens is 1. The van der Waals surface area contributed by atoms with Gasteiger partial charge in [-0.2, -0.15) is 0 Å². The van der Waals surface area contributed by atoms with E-state index in [-0.39, 0.29) is 5.97 Å². The molecule has 0 spiro atoms. The molecule has 1 unspecified atom stereocenters. The smallest absolute Gasteiger partial charge is 0.306 e. The second-order valence-corrected chi connectivity index (χ2v) is 5.58. The van der Waals surface area contributed by atoms with E-state index in [0.717, 1.165) is 35.4 Å². The standard InChI is InChI=1S/C16H23ClO2/c1-5-7-15(18)19-16(4,10-6-2)13-8-9-14(17)12(3)11-13/h8-9,11H,5-7,10H2,1-4H3. The van der Waals surface area contributed by atoms with Crippen LogP contribution in [-0.2, 0) is 15.1 Å². The second kappa shape index (κ2) is 6.95. The van der Waals surface area contributed by atoms with E-state index in [0.29, 0.717) is 6.42 Å². The summed E-state index contributed by atoms with van der Waals surface area (Å²) in [5.41, 5.74) is 1.46. The minimum absolute atomic E-state index is 0.133. The summed E-state index contributed by atoms with van der Waals surface area (Å²) in [5, 5.41) is 0.738. The van der Waals surface area contributed by atoms with Crippen molar-refractivity contribution in [1.29, 1.82) is 0 Å². The highest BCUT2D eigenvalue weighted by atomic mass is 35.5. The third-order valence-electron chi connectivity index (χ3n) is 3.29. The van der Waals surface area contributed by atoms with Crippen LogP contribution in [0.15, 0.2) is 18.2 Å². The first-order valence-corrected chi connectivity index (χ1v) is 7.29. The molecule has 1 aromatic carbocycles. The Kier molecular flexibility index (Phi) is 5.86. The highest BCUT2D eigenvalue weighted by Crippen LogP contribution is 2.33. The zero-order valence-corrected chi connectivity index (χ0v) is 13.0. The van der Waals surface area contributed by atoms with Crippen LogP contribution in [0.25, 0.3) is 0 Å². The maximum atomic E-state index is 11.8. The van der Waals surface area contributed by atoms with Crippen LogP contribution in [0.3, 0.4) is 0 Å². The molecular formula is C16H23ClO2. The van der Waals surface area contributed by atoms with Crippen molar-refractivity contribution in [2.45, 2.75) is 59.0 Å². The van der Waals surface area contributed by atoms with Gasteiger partial charge in [-0.3, -0.25) is 4.79 Å². The van der Waals surface area contributed by atoms with Crippen molar-refractivity contribution in [3.05, 3.63) is 34.3 Å². The van der Waals surface area contributed by atoms with E-state index in [1.807, 2.05) is 39.0 Å². The SMILES string of the molecule is CCCC(=O)OC(C)(CCC)c1ccc(Cl)c(C)c1. The fourth-order valence-corrected chi connectivity index (χ4v) is 2.33. The second-order valence-electron chi connectivity index (χ2n) is 5.17. The third kappa shape index (κ3) is 4.24. The van der Waals surface area contributed by atoms with Crippen LogP contribution in [0.2, 0.25) is 5.02 Å². The highest BCUT2D eigenvalue weighted by molar-refractivity contribution is 6.31. The van der Waals surface area contributed by atoms with E-state index in [1.54, 1.807) is 0 Å². The molecule has 0 aliphatic carbocycles. The number of benzene rings is 1. The molecule has 0 aliphatic rings. The first-order chi connectivity index (χ1) is 8.92. The summed E-state index contributed by atoms with van der Waals surface area (Å²) < 4.78 is 5.72. The molecule has 0 aromatic heterocycles. The average molecular weight is 283 g/mol. The predicted molar refractivity (Wildman–Crippen MR) is 79.4 cm³/mol. The Balaban J connectivity index is 3.02. The van der Waals surface area contributed by atoms with Gasteiger partial charge in [0.15, 0.2) is 0 Å². The lowest BCUT2D eigenvalue weighted by Gasteiger charge is -2.30. The summed E-state index contributed by atoms with van der Waals surface area (Å²) in [4.78, 5) is 11.8. The largest absolute Gasteiger partial charge is 0.454 e. The number of esters is 1. The molecule has 0 heterocycles. The van der Waals surface area contributed by atoms with Gasteiger partial charge in [0.25, 0.3) is 0 Å². The maximum absolute atomic E-state index is 11.8. The number of ether oxygens (including phenoxy) is 1. The van der Waals surface area contributed by atoms with Crippen molar-refractivity contribution in [3.8, 4) is 0 Å². The first-order valence-electron chi connectivity index (χ1n) is 6.91. The van der Waals surface area contributed by atoms with E-state index in [1.165, 1.54) is 0 Å². The fraction of sp³-hybridized carbons (Fsp3) is 0.562. The molecule has 0 N–H and O–H groups in total. The molecule has 1 aromatic rings. The number of rotatable bonds is 6. The van der Waals surface area contributed by atoms with Crippen LogP contribution >= 0.6 is 11.6 Å². The van der Waals surface area contributed by atoms with Gasteiger partial charge in [0.1, 0.15) is 5.60 Å². The van der Waals surface area contributed by atoms with Crippen molar-refractivity contribution in [2.75, 3.05) is 0 Å². The van der Waals surface area contributed by atoms with Gasteiger partial charge < -0.3 is 4.74 Å². The molecule has 0 saturated carbocycles. The van der Waals surface area contributed by atoms with Gasteiger partial charge in [0, 0.05) is 11.4 Å². The normalized spacial score (nSPS) is 13.9. The van der Waals surface area contributed by atoms with Crippen LogP contribution in [0.4, 0.5) is 0 Å². The summed E-state index contributed by atoms with van der Waals surface area (Å²) in [6, 6.07) is 5.83. The van der Waals surface area contributed by atoms with Gasteiger partial charge in [-0.05, 0) is 43.9 Å². The number of aryl methyl sites for hydroxylation is 1. The molecule has 0 aliphatic heterocycles. The lowest BCUT2D eigenvalue weighted by Crippen LogP contribution is -2.29. The van der Waals surface area contributed by atoms with Crippen LogP contribution < -0.4 is 0 Å². The summed E-state index contributed by atoms with van der Waals surface area (Å²) >= 11 is 6.06. The Morgan fingerprint density at radius 1 is 1.32 bits per heavy atom. The molecule has 1 atom stereocenters. The lowest BCUT2D eigenvalue weighted by molar-refractivity contribution is -0.160. The molecule has 3 heteroatoms. The number of hydrogen-bond donors (Lipinski definition) is 0. The zero-order valence-electron chi connectivity index (χ0n) is 12.3. The fourth-order valence-electron chi connectivity index (χ4n) is 2.21.